The number of thiophene rings is 2. The number of rotatable bonds is 8. The molecule has 0 bridgehead atoms. The number of carbonyl (C=O) groups is 3. The van der Waals surface area contributed by atoms with Crippen LogP contribution in [0.25, 0.3) is 0 Å². The fourth-order valence-electron chi connectivity index (χ4n) is 1.82. The number of nitrogens with one attached hydrogen (secondary N) is 2. The molecule has 2 aromatic rings. The number of amides is 2. The molecule has 2 aromatic heterocycles. The number of sulfonamides is 1. The predicted octanol–water partition coefficient (Wildman–Crippen LogP) is 1.01. The van der Waals surface area contributed by atoms with Crippen molar-refractivity contribution in [2.45, 2.75) is 6.42 Å². The second kappa shape index (κ2) is 9.03. The van der Waals surface area contributed by atoms with Crippen molar-refractivity contribution in [2.75, 3.05) is 19.4 Å². The summed E-state index contributed by atoms with van der Waals surface area (Å²) in [7, 11) is -3.26. The van der Waals surface area contributed by atoms with E-state index in [4.69, 9.17) is 4.74 Å². The standard InChI is InChI=1S/C15H16N2O6S3/c1-26(21,22)16-7-6-10-4-5-12(25-10)15(20)23-9-13(18)17-14(19)11-3-2-8-24-11/h2-5,8,16H,6-7,9H2,1H3,(H,17,18,19). The van der Waals surface area contributed by atoms with Gasteiger partial charge in [0.1, 0.15) is 4.88 Å². The molecule has 0 aliphatic rings. The van der Waals surface area contributed by atoms with Crippen LogP contribution in [-0.2, 0) is 26.0 Å². The van der Waals surface area contributed by atoms with Gasteiger partial charge in [0, 0.05) is 11.4 Å². The molecule has 0 atom stereocenters. The number of ether oxygens (including phenoxy) is 1. The van der Waals surface area contributed by atoms with E-state index in [2.05, 4.69) is 10.0 Å². The summed E-state index contributed by atoms with van der Waals surface area (Å²) in [6.07, 6.45) is 1.50. The van der Waals surface area contributed by atoms with E-state index in [-0.39, 0.29) is 11.4 Å². The highest BCUT2D eigenvalue weighted by molar-refractivity contribution is 7.88. The number of carbonyl (C=O) groups excluding carboxylic acids is 3. The Kier molecular flexibility index (Phi) is 7.03. The average molecular weight is 417 g/mol. The van der Waals surface area contributed by atoms with Gasteiger partial charge in [-0.15, -0.1) is 22.7 Å². The Hall–Kier alpha value is -2.08. The highest BCUT2D eigenvalue weighted by Crippen LogP contribution is 2.18. The van der Waals surface area contributed by atoms with Crippen LogP contribution in [0, 0.1) is 0 Å². The zero-order chi connectivity index (χ0) is 19.2. The molecule has 11 heteroatoms. The van der Waals surface area contributed by atoms with E-state index < -0.39 is 34.4 Å². The maximum atomic E-state index is 11.9. The Bertz CT molecular complexity index is 886. The van der Waals surface area contributed by atoms with Gasteiger partial charge in [0.25, 0.3) is 11.8 Å². The Balaban J connectivity index is 1.77. The van der Waals surface area contributed by atoms with Crippen molar-refractivity contribution < 1.29 is 27.5 Å². The summed E-state index contributed by atoms with van der Waals surface area (Å²) in [6, 6.07) is 6.48. The number of hydrogen-bond acceptors (Lipinski definition) is 8. The molecular formula is C15H16N2O6S3. The Labute approximate surface area is 158 Å². The van der Waals surface area contributed by atoms with E-state index in [1.807, 2.05) is 0 Å². The predicted molar refractivity (Wildman–Crippen MR) is 97.9 cm³/mol. The second-order valence-electron chi connectivity index (χ2n) is 5.11. The van der Waals surface area contributed by atoms with Gasteiger partial charge in [-0.05, 0) is 30.0 Å². The van der Waals surface area contributed by atoms with Gasteiger partial charge in [-0.3, -0.25) is 14.9 Å². The van der Waals surface area contributed by atoms with Crippen molar-refractivity contribution in [2.24, 2.45) is 0 Å². The molecule has 26 heavy (non-hydrogen) atoms. The quantitative estimate of drug-likeness (QED) is 0.620. The van der Waals surface area contributed by atoms with Crippen LogP contribution in [0.3, 0.4) is 0 Å². The van der Waals surface area contributed by atoms with Crippen molar-refractivity contribution in [3.05, 3.63) is 44.3 Å². The molecule has 0 saturated heterocycles. The van der Waals surface area contributed by atoms with Crippen LogP contribution in [0.5, 0.6) is 0 Å². The van der Waals surface area contributed by atoms with Gasteiger partial charge in [0.2, 0.25) is 10.0 Å². The van der Waals surface area contributed by atoms with E-state index in [1.54, 1.807) is 23.6 Å². The van der Waals surface area contributed by atoms with Crippen LogP contribution >= 0.6 is 22.7 Å². The molecule has 2 rings (SSSR count). The van der Waals surface area contributed by atoms with E-state index in [9.17, 15) is 22.8 Å². The maximum Gasteiger partial charge on any atom is 0.348 e. The molecule has 0 spiro atoms. The summed E-state index contributed by atoms with van der Waals surface area (Å²) in [4.78, 5) is 36.7. The van der Waals surface area contributed by atoms with Crippen LogP contribution in [0.2, 0.25) is 0 Å². The van der Waals surface area contributed by atoms with Crippen LogP contribution in [0.4, 0.5) is 0 Å². The summed E-state index contributed by atoms with van der Waals surface area (Å²) in [6.45, 7) is -0.347. The molecular weight excluding hydrogens is 400 g/mol. The molecule has 0 fully saturated rings. The molecule has 0 radical (unpaired) electrons. The lowest BCUT2D eigenvalue weighted by Gasteiger charge is -2.04. The zero-order valence-electron chi connectivity index (χ0n) is 13.7. The van der Waals surface area contributed by atoms with Crippen LogP contribution in [-0.4, -0.2) is 45.6 Å². The maximum absolute atomic E-state index is 11.9. The van der Waals surface area contributed by atoms with Crippen LogP contribution < -0.4 is 10.0 Å². The summed E-state index contributed by atoms with van der Waals surface area (Å²) < 4.78 is 29.2. The fraction of sp³-hybridized carbons (Fsp3) is 0.267. The first-order valence-electron chi connectivity index (χ1n) is 7.33. The van der Waals surface area contributed by atoms with Crippen molar-refractivity contribution in [3.63, 3.8) is 0 Å². The minimum absolute atomic E-state index is 0.223. The molecule has 0 unspecified atom stereocenters. The molecule has 0 saturated carbocycles. The van der Waals surface area contributed by atoms with Crippen molar-refractivity contribution in [1.82, 2.24) is 10.0 Å². The normalized spacial score (nSPS) is 11.1. The lowest BCUT2D eigenvalue weighted by atomic mass is 10.3. The zero-order valence-corrected chi connectivity index (χ0v) is 16.1. The fourth-order valence-corrected chi connectivity index (χ4v) is 3.81. The first kappa shape index (κ1) is 20.2. The van der Waals surface area contributed by atoms with Gasteiger partial charge in [-0.1, -0.05) is 6.07 Å². The van der Waals surface area contributed by atoms with E-state index in [0.717, 1.165) is 22.5 Å². The monoisotopic (exact) mass is 416 g/mol. The van der Waals surface area contributed by atoms with Crippen molar-refractivity contribution >= 4 is 50.5 Å². The third-order valence-corrected chi connectivity index (χ3v) is 5.65. The average Bonchev–Trinajstić information content (AvgIpc) is 3.23. The third-order valence-electron chi connectivity index (χ3n) is 2.93. The van der Waals surface area contributed by atoms with Gasteiger partial charge in [-0.25, -0.2) is 17.9 Å². The first-order chi connectivity index (χ1) is 12.2. The minimum atomic E-state index is -3.26. The lowest BCUT2D eigenvalue weighted by molar-refractivity contribution is -0.123. The first-order valence-corrected chi connectivity index (χ1v) is 10.9. The molecule has 2 N–H and O–H groups in total. The molecule has 8 nitrogen and oxygen atoms in total. The van der Waals surface area contributed by atoms with Gasteiger partial charge >= 0.3 is 5.97 Å². The van der Waals surface area contributed by atoms with Crippen molar-refractivity contribution in [1.29, 1.82) is 0 Å². The Morgan fingerprint density at radius 1 is 1.15 bits per heavy atom. The van der Waals surface area contributed by atoms with E-state index in [1.165, 1.54) is 17.4 Å². The molecule has 2 amide bonds. The highest BCUT2D eigenvalue weighted by Gasteiger charge is 2.15. The second-order valence-corrected chi connectivity index (χ2v) is 9.06. The van der Waals surface area contributed by atoms with E-state index >= 15 is 0 Å². The Morgan fingerprint density at radius 2 is 1.92 bits per heavy atom. The summed E-state index contributed by atoms with van der Waals surface area (Å²) in [5, 5.41) is 3.84. The highest BCUT2D eigenvalue weighted by atomic mass is 32.2. The van der Waals surface area contributed by atoms with Crippen molar-refractivity contribution in [3.8, 4) is 0 Å². The minimum Gasteiger partial charge on any atom is -0.451 e. The number of esters is 1. The van der Waals surface area contributed by atoms with Crippen LogP contribution in [0.1, 0.15) is 24.2 Å². The molecule has 0 aromatic carbocycles. The molecule has 0 aliphatic carbocycles. The number of imide groups is 1. The van der Waals surface area contributed by atoms with Gasteiger partial charge in [-0.2, -0.15) is 0 Å². The van der Waals surface area contributed by atoms with Gasteiger partial charge in [0.05, 0.1) is 11.1 Å². The Morgan fingerprint density at radius 3 is 2.58 bits per heavy atom. The third kappa shape index (κ3) is 6.67. The largest absolute Gasteiger partial charge is 0.451 e. The molecule has 0 aliphatic heterocycles. The summed E-state index contributed by atoms with van der Waals surface area (Å²) in [5.74, 6) is -1.94. The number of hydrogen-bond donors (Lipinski definition) is 2. The molecule has 2 heterocycles. The summed E-state index contributed by atoms with van der Waals surface area (Å²) >= 11 is 2.34. The van der Waals surface area contributed by atoms with Gasteiger partial charge in [0.15, 0.2) is 6.61 Å². The van der Waals surface area contributed by atoms with E-state index in [0.29, 0.717) is 11.3 Å². The lowest BCUT2D eigenvalue weighted by Crippen LogP contribution is -2.33. The van der Waals surface area contributed by atoms with Gasteiger partial charge < -0.3 is 4.74 Å². The topological polar surface area (TPSA) is 119 Å². The summed E-state index contributed by atoms with van der Waals surface area (Å²) in [5.41, 5.74) is 0. The smallest absolute Gasteiger partial charge is 0.348 e. The SMILES string of the molecule is CS(=O)(=O)NCCc1ccc(C(=O)OCC(=O)NC(=O)c2cccs2)s1. The van der Waals surface area contributed by atoms with Crippen LogP contribution in [0.15, 0.2) is 29.6 Å². The molecule has 140 valence electrons.